The molecule has 0 radical (unpaired) electrons. The Morgan fingerprint density at radius 1 is 0.833 bits per heavy atom. The highest BCUT2D eigenvalue weighted by Crippen LogP contribution is 2.40. The van der Waals surface area contributed by atoms with Crippen molar-refractivity contribution < 1.29 is 4.79 Å². The van der Waals surface area contributed by atoms with Crippen molar-refractivity contribution in [1.82, 2.24) is 0 Å². The first-order valence-corrected chi connectivity index (χ1v) is 10.4. The summed E-state index contributed by atoms with van der Waals surface area (Å²) in [4.78, 5) is 15.7. The number of fused-ring (bicyclic) bond motifs is 2. The quantitative estimate of drug-likeness (QED) is 0.435. The molecule has 0 spiro atoms. The predicted molar refractivity (Wildman–Crippen MR) is 124 cm³/mol. The monoisotopic (exact) mass is 392 g/mol. The maximum absolute atomic E-state index is 13.8. The summed E-state index contributed by atoms with van der Waals surface area (Å²) in [6.45, 7) is 2.14. The van der Waals surface area contributed by atoms with Gasteiger partial charge in [0.25, 0.3) is 5.91 Å². The minimum Gasteiger partial charge on any atom is -0.378 e. The Morgan fingerprint density at radius 2 is 1.53 bits per heavy atom. The van der Waals surface area contributed by atoms with E-state index in [2.05, 4.69) is 54.7 Å². The summed E-state index contributed by atoms with van der Waals surface area (Å²) in [5.41, 5.74) is 4.00. The summed E-state index contributed by atoms with van der Waals surface area (Å²) < 4.78 is 0. The molecule has 1 amide bonds. The van der Waals surface area contributed by atoms with Gasteiger partial charge in [0, 0.05) is 23.0 Å². The molecular formula is C27H24N2O. The molecule has 1 heterocycles. The van der Waals surface area contributed by atoms with Gasteiger partial charge < -0.3 is 10.2 Å². The minimum atomic E-state index is 0.0601. The Labute approximate surface area is 177 Å². The zero-order valence-corrected chi connectivity index (χ0v) is 17.0. The van der Waals surface area contributed by atoms with E-state index in [-0.39, 0.29) is 18.0 Å². The summed E-state index contributed by atoms with van der Waals surface area (Å²) in [5, 5.41) is 5.75. The van der Waals surface area contributed by atoms with Gasteiger partial charge in [0.05, 0.1) is 6.04 Å². The van der Waals surface area contributed by atoms with Crippen molar-refractivity contribution in [3.8, 4) is 0 Å². The van der Waals surface area contributed by atoms with E-state index in [4.69, 9.17) is 0 Å². The zero-order valence-electron chi connectivity index (χ0n) is 17.0. The Kier molecular flexibility index (Phi) is 4.72. The Morgan fingerprint density at radius 3 is 2.40 bits per heavy atom. The van der Waals surface area contributed by atoms with E-state index in [1.54, 1.807) is 0 Å². The lowest BCUT2D eigenvalue weighted by atomic mass is 9.90. The fourth-order valence-electron chi connectivity index (χ4n) is 4.54. The average Bonchev–Trinajstić information content (AvgIpc) is 2.79. The smallest absolute Gasteiger partial charge is 0.259 e. The molecule has 0 saturated heterocycles. The van der Waals surface area contributed by atoms with Crippen LogP contribution in [0.3, 0.4) is 0 Å². The second-order valence-corrected chi connectivity index (χ2v) is 7.91. The molecule has 5 rings (SSSR count). The van der Waals surface area contributed by atoms with E-state index in [1.807, 2.05) is 59.5 Å². The summed E-state index contributed by atoms with van der Waals surface area (Å²) in [6.07, 6.45) is 0.850. The van der Waals surface area contributed by atoms with Gasteiger partial charge in [-0.05, 0) is 53.9 Å². The predicted octanol–water partition coefficient (Wildman–Crippen LogP) is 6.43. The average molecular weight is 393 g/mol. The molecule has 3 nitrogen and oxygen atoms in total. The minimum absolute atomic E-state index is 0.0601. The second kappa shape index (κ2) is 7.68. The third kappa shape index (κ3) is 3.22. The van der Waals surface area contributed by atoms with E-state index in [1.165, 1.54) is 0 Å². The molecule has 2 unspecified atom stereocenters. The van der Waals surface area contributed by atoms with Crippen molar-refractivity contribution in [3.63, 3.8) is 0 Å². The Hall–Kier alpha value is -3.59. The van der Waals surface area contributed by atoms with Gasteiger partial charge in [-0.15, -0.1) is 0 Å². The van der Waals surface area contributed by atoms with Crippen LogP contribution < -0.4 is 10.2 Å². The Bertz CT molecular complexity index is 1200. The van der Waals surface area contributed by atoms with Crippen molar-refractivity contribution in [2.45, 2.75) is 25.4 Å². The van der Waals surface area contributed by atoms with E-state index < -0.39 is 0 Å². The second-order valence-electron chi connectivity index (χ2n) is 7.91. The van der Waals surface area contributed by atoms with E-state index >= 15 is 0 Å². The fraction of sp³-hybridized carbons (Fsp3) is 0.148. The Balaban J connectivity index is 1.55. The molecule has 4 aromatic carbocycles. The van der Waals surface area contributed by atoms with Gasteiger partial charge in [0.15, 0.2) is 0 Å². The number of nitrogens with one attached hydrogen (secondary N) is 1. The van der Waals surface area contributed by atoms with Crippen molar-refractivity contribution in [2.24, 2.45) is 0 Å². The van der Waals surface area contributed by atoms with Gasteiger partial charge in [0.1, 0.15) is 0 Å². The maximum atomic E-state index is 13.8. The van der Waals surface area contributed by atoms with Crippen LogP contribution in [0.25, 0.3) is 10.8 Å². The lowest BCUT2D eigenvalue weighted by Crippen LogP contribution is -2.44. The number of benzene rings is 4. The molecule has 0 saturated carbocycles. The van der Waals surface area contributed by atoms with Gasteiger partial charge >= 0.3 is 0 Å². The SMILES string of the molecule is CC1CC(Nc2ccccc2)c2ccccc2N1C(=O)c1cccc2ccccc12. The number of amides is 1. The molecule has 30 heavy (non-hydrogen) atoms. The highest BCUT2D eigenvalue weighted by Gasteiger charge is 2.34. The van der Waals surface area contributed by atoms with Crippen LogP contribution in [0, 0.1) is 0 Å². The lowest BCUT2D eigenvalue weighted by molar-refractivity contribution is 0.0975. The van der Waals surface area contributed by atoms with Gasteiger partial charge in [-0.1, -0.05) is 72.8 Å². The standard InChI is InChI=1S/C27H24N2O/c1-19-18-25(28-21-12-3-2-4-13-21)24-15-7-8-17-26(24)29(19)27(30)23-16-9-11-20-10-5-6-14-22(20)23/h2-17,19,25,28H,18H2,1H3. The number of nitrogens with zero attached hydrogens (tertiary/aromatic N) is 1. The van der Waals surface area contributed by atoms with Crippen LogP contribution in [0.1, 0.15) is 35.3 Å². The van der Waals surface area contributed by atoms with Crippen LogP contribution in [0.2, 0.25) is 0 Å². The summed E-state index contributed by atoms with van der Waals surface area (Å²) >= 11 is 0. The first-order valence-electron chi connectivity index (χ1n) is 10.4. The van der Waals surface area contributed by atoms with Crippen LogP contribution in [-0.4, -0.2) is 11.9 Å². The van der Waals surface area contributed by atoms with Crippen molar-refractivity contribution in [2.75, 3.05) is 10.2 Å². The molecule has 148 valence electrons. The molecule has 4 aromatic rings. The number of hydrogen-bond donors (Lipinski definition) is 1. The number of hydrogen-bond acceptors (Lipinski definition) is 2. The largest absolute Gasteiger partial charge is 0.378 e. The summed E-state index contributed by atoms with van der Waals surface area (Å²) in [7, 11) is 0. The molecule has 0 fully saturated rings. The number of carbonyl (C=O) groups excluding carboxylic acids is 1. The van der Waals surface area contributed by atoms with Crippen molar-refractivity contribution >= 4 is 28.1 Å². The number of para-hydroxylation sites is 2. The lowest BCUT2D eigenvalue weighted by Gasteiger charge is -2.40. The topological polar surface area (TPSA) is 32.3 Å². The first kappa shape index (κ1) is 18.4. The molecule has 3 heteroatoms. The highest BCUT2D eigenvalue weighted by atomic mass is 16.2. The summed E-state index contributed by atoms with van der Waals surface area (Å²) in [5.74, 6) is 0.0601. The number of carbonyl (C=O) groups is 1. The molecule has 1 aliphatic rings. The third-order valence-corrected chi connectivity index (χ3v) is 5.94. The molecule has 0 bridgehead atoms. The molecule has 1 aliphatic heterocycles. The molecule has 0 aromatic heterocycles. The third-order valence-electron chi connectivity index (χ3n) is 5.94. The van der Waals surface area contributed by atoms with Crippen LogP contribution >= 0.6 is 0 Å². The number of anilines is 2. The van der Waals surface area contributed by atoms with Crippen LogP contribution in [0.15, 0.2) is 97.1 Å². The fourth-order valence-corrected chi connectivity index (χ4v) is 4.54. The number of rotatable bonds is 3. The van der Waals surface area contributed by atoms with Gasteiger partial charge in [-0.3, -0.25) is 4.79 Å². The first-order chi connectivity index (χ1) is 14.7. The molecule has 2 atom stereocenters. The summed E-state index contributed by atoms with van der Waals surface area (Å²) in [6, 6.07) is 32.8. The molecule has 1 N–H and O–H groups in total. The molecular weight excluding hydrogens is 368 g/mol. The van der Waals surface area contributed by atoms with Crippen LogP contribution in [0.5, 0.6) is 0 Å². The van der Waals surface area contributed by atoms with Crippen molar-refractivity contribution in [1.29, 1.82) is 0 Å². The van der Waals surface area contributed by atoms with E-state index in [0.29, 0.717) is 0 Å². The maximum Gasteiger partial charge on any atom is 0.259 e. The highest BCUT2D eigenvalue weighted by molar-refractivity contribution is 6.14. The molecule has 0 aliphatic carbocycles. The van der Waals surface area contributed by atoms with Gasteiger partial charge in [-0.25, -0.2) is 0 Å². The van der Waals surface area contributed by atoms with E-state index in [9.17, 15) is 4.79 Å². The van der Waals surface area contributed by atoms with Crippen LogP contribution in [0.4, 0.5) is 11.4 Å². The van der Waals surface area contributed by atoms with Gasteiger partial charge in [0.2, 0.25) is 0 Å². The van der Waals surface area contributed by atoms with Gasteiger partial charge in [-0.2, -0.15) is 0 Å². The normalized spacial score (nSPS) is 18.1. The van der Waals surface area contributed by atoms with Crippen LogP contribution in [-0.2, 0) is 0 Å². The zero-order chi connectivity index (χ0) is 20.5. The van der Waals surface area contributed by atoms with E-state index in [0.717, 1.165) is 39.7 Å². The van der Waals surface area contributed by atoms with Crippen molar-refractivity contribution in [3.05, 3.63) is 108 Å².